The number of aromatic nitrogens is 2. The van der Waals surface area contributed by atoms with Crippen molar-refractivity contribution >= 4 is 40.6 Å². The summed E-state index contributed by atoms with van der Waals surface area (Å²) in [6.45, 7) is 6.78. The fourth-order valence-corrected chi connectivity index (χ4v) is 9.04. The molecule has 0 unspecified atom stereocenters. The Kier molecular flexibility index (Phi) is 11.2. The van der Waals surface area contributed by atoms with Gasteiger partial charge in [-0.1, -0.05) is 56.7 Å². The van der Waals surface area contributed by atoms with Crippen LogP contribution in [0, 0.1) is 11.8 Å². The van der Waals surface area contributed by atoms with E-state index >= 15 is 0 Å². The zero-order chi connectivity index (χ0) is 32.8. The van der Waals surface area contributed by atoms with Crippen LogP contribution in [0.3, 0.4) is 0 Å². The average molecular weight is 660 g/mol. The Labute approximate surface area is 282 Å². The first-order valence-corrected chi connectivity index (χ1v) is 18.5. The normalized spacial score (nSPS) is 19.2. The van der Waals surface area contributed by atoms with Gasteiger partial charge >= 0.3 is 5.97 Å². The molecule has 9 nitrogen and oxygen atoms in total. The minimum absolute atomic E-state index is 0.0953. The van der Waals surface area contributed by atoms with Crippen LogP contribution in [0.4, 0.5) is 0 Å². The summed E-state index contributed by atoms with van der Waals surface area (Å²) in [5, 5.41) is 1.23. The molecular weight excluding hydrogens is 611 g/mol. The van der Waals surface area contributed by atoms with E-state index in [1.807, 2.05) is 35.2 Å². The SMILES string of the molecule is CCOC(=O)c1cccnc1SN(C(=O)c1cc2ccccc2[nH]1)[C@H](C)C(=O)N1CCN(C(C2CCCCC2)C2CCCCC2)CC1. The molecule has 1 aromatic carbocycles. The molecule has 6 rings (SSSR count). The largest absolute Gasteiger partial charge is 0.462 e. The quantitative estimate of drug-likeness (QED) is 0.186. The van der Waals surface area contributed by atoms with E-state index in [0.29, 0.717) is 29.9 Å². The molecule has 1 aliphatic heterocycles. The maximum atomic E-state index is 14.2. The van der Waals surface area contributed by atoms with Gasteiger partial charge in [-0.2, -0.15) is 0 Å². The smallest absolute Gasteiger partial charge is 0.340 e. The van der Waals surface area contributed by atoms with Crippen LogP contribution in [-0.4, -0.2) is 86.7 Å². The number of hydrogen-bond donors (Lipinski definition) is 1. The maximum absolute atomic E-state index is 14.2. The summed E-state index contributed by atoms with van der Waals surface area (Å²) in [7, 11) is 0. The zero-order valence-electron chi connectivity index (χ0n) is 27.9. The number of benzene rings is 1. The number of ether oxygens (including phenoxy) is 1. The number of nitrogens with zero attached hydrogens (tertiary/aromatic N) is 4. The van der Waals surface area contributed by atoms with Crippen molar-refractivity contribution in [3.05, 3.63) is 59.9 Å². The maximum Gasteiger partial charge on any atom is 0.340 e. The minimum Gasteiger partial charge on any atom is -0.462 e. The van der Waals surface area contributed by atoms with E-state index in [-0.39, 0.29) is 24.0 Å². The van der Waals surface area contributed by atoms with Gasteiger partial charge in [-0.25, -0.2) is 9.78 Å². The van der Waals surface area contributed by atoms with Gasteiger partial charge in [-0.05, 0) is 75.6 Å². The molecule has 3 heterocycles. The van der Waals surface area contributed by atoms with Crippen molar-refractivity contribution in [3.8, 4) is 0 Å². The van der Waals surface area contributed by atoms with Crippen molar-refractivity contribution in [2.45, 2.75) is 95.2 Å². The monoisotopic (exact) mass is 659 g/mol. The zero-order valence-corrected chi connectivity index (χ0v) is 28.7. The van der Waals surface area contributed by atoms with E-state index in [1.165, 1.54) is 68.5 Å². The third-order valence-corrected chi connectivity index (χ3v) is 11.6. The lowest BCUT2D eigenvalue weighted by atomic mass is 9.73. The number of amides is 2. The molecule has 47 heavy (non-hydrogen) atoms. The molecule has 2 saturated carbocycles. The number of pyridine rings is 1. The lowest BCUT2D eigenvalue weighted by molar-refractivity contribution is -0.136. The number of carbonyl (C=O) groups excluding carboxylic acids is 3. The van der Waals surface area contributed by atoms with Crippen molar-refractivity contribution in [1.29, 1.82) is 0 Å². The fourth-order valence-electron chi connectivity index (χ4n) is 8.06. The van der Waals surface area contributed by atoms with Crippen LogP contribution in [0.2, 0.25) is 0 Å². The number of carbonyl (C=O) groups is 3. The van der Waals surface area contributed by atoms with Gasteiger partial charge in [0.1, 0.15) is 16.8 Å². The first-order chi connectivity index (χ1) is 22.9. The van der Waals surface area contributed by atoms with Crippen molar-refractivity contribution < 1.29 is 19.1 Å². The molecule has 2 aromatic heterocycles. The van der Waals surface area contributed by atoms with E-state index in [2.05, 4.69) is 14.9 Å². The Hall–Kier alpha value is -3.37. The van der Waals surface area contributed by atoms with Gasteiger partial charge in [0.05, 0.1) is 12.2 Å². The van der Waals surface area contributed by atoms with Crippen molar-refractivity contribution in [2.24, 2.45) is 11.8 Å². The van der Waals surface area contributed by atoms with E-state index in [1.54, 1.807) is 32.2 Å². The molecule has 1 N–H and O–H groups in total. The molecular formula is C37H49N5O4S. The van der Waals surface area contributed by atoms with Crippen LogP contribution >= 0.6 is 11.9 Å². The first-order valence-electron chi connectivity index (χ1n) is 17.7. The average Bonchev–Trinajstić information content (AvgIpc) is 3.56. The number of esters is 1. The van der Waals surface area contributed by atoms with Crippen LogP contribution in [0.25, 0.3) is 10.9 Å². The number of fused-ring (bicyclic) bond motifs is 1. The lowest BCUT2D eigenvalue weighted by Crippen LogP contribution is -2.58. The molecule has 0 bridgehead atoms. The summed E-state index contributed by atoms with van der Waals surface area (Å²) in [6, 6.07) is 12.6. The highest BCUT2D eigenvalue weighted by molar-refractivity contribution is 7.97. The van der Waals surface area contributed by atoms with Crippen molar-refractivity contribution in [3.63, 3.8) is 0 Å². The second-order valence-corrected chi connectivity index (χ2v) is 14.4. The van der Waals surface area contributed by atoms with E-state index in [0.717, 1.165) is 47.8 Å². The predicted octanol–water partition coefficient (Wildman–Crippen LogP) is 6.95. The number of hydrogen-bond acceptors (Lipinski definition) is 7. The second-order valence-electron chi connectivity index (χ2n) is 13.4. The molecule has 3 aromatic rings. The second kappa shape index (κ2) is 15.7. The van der Waals surface area contributed by atoms with Gasteiger partial charge in [-0.15, -0.1) is 0 Å². The number of aromatic amines is 1. The van der Waals surface area contributed by atoms with Gasteiger partial charge in [-0.3, -0.25) is 18.8 Å². The number of para-hydroxylation sites is 1. The van der Waals surface area contributed by atoms with Gasteiger partial charge < -0.3 is 14.6 Å². The topological polar surface area (TPSA) is 98.8 Å². The molecule has 1 atom stereocenters. The molecule has 3 fully saturated rings. The predicted molar refractivity (Wildman–Crippen MR) is 185 cm³/mol. The van der Waals surface area contributed by atoms with Gasteiger partial charge in [0, 0.05) is 61.3 Å². The highest BCUT2D eigenvalue weighted by Crippen LogP contribution is 2.39. The Morgan fingerprint density at radius 3 is 2.23 bits per heavy atom. The highest BCUT2D eigenvalue weighted by atomic mass is 32.2. The summed E-state index contributed by atoms with van der Waals surface area (Å²) < 4.78 is 6.74. The minimum atomic E-state index is -0.796. The standard InChI is InChI=1S/C37H49N5O4S/c1-3-46-37(45)30-18-12-20-38-34(30)47-42(36(44)32-25-29-17-10-11-19-31(29)39-32)26(2)35(43)41-23-21-40(22-24-41)33(27-13-6-4-7-14-27)28-15-8-5-9-16-28/h10-12,17-20,25-28,33,39H,3-9,13-16,21-24H2,1-2H3/t26-/m1/s1. The van der Waals surface area contributed by atoms with Gasteiger partial charge in [0.25, 0.3) is 5.91 Å². The van der Waals surface area contributed by atoms with Crippen molar-refractivity contribution in [2.75, 3.05) is 32.8 Å². The van der Waals surface area contributed by atoms with Crippen LogP contribution in [0.1, 0.15) is 98.9 Å². The molecule has 0 radical (unpaired) electrons. The van der Waals surface area contributed by atoms with E-state index in [9.17, 15) is 14.4 Å². The summed E-state index contributed by atoms with van der Waals surface area (Å²) >= 11 is 1.02. The van der Waals surface area contributed by atoms with Crippen molar-refractivity contribution in [1.82, 2.24) is 24.1 Å². The Morgan fingerprint density at radius 2 is 1.60 bits per heavy atom. The van der Waals surface area contributed by atoms with E-state index < -0.39 is 12.0 Å². The Bertz CT molecular complexity index is 1470. The van der Waals surface area contributed by atoms with E-state index in [4.69, 9.17) is 4.74 Å². The van der Waals surface area contributed by atoms with Gasteiger partial charge in [0.15, 0.2) is 0 Å². The highest BCUT2D eigenvalue weighted by Gasteiger charge is 2.39. The lowest BCUT2D eigenvalue weighted by Gasteiger charge is -2.48. The van der Waals surface area contributed by atoms with Gasteiger partial charge in [0.2, 0.25) is 5.91 Å². The number of rotatable bonds is 10. The van der Waals surface area contributed by atoms with Crippen LogP contribution in [0.5, 0.6) is 0 Å². The fraction of sp³-hybridized carbons (Fsp3) is 0.568. The summed E-state index contributed by atoms with van der Waals surface area (Å²) in [5.74, 6) is 0.575. The van der Waals surface area contributed by atoms with Crippen LogP contribution in [0.15, 0.2) is 53.7 Å². The number of piperazine rings is 1. The molecule has 10 heteroatoms. The first kappa shape index (κ1) is 33.5. The molecule has 2 amide bonds. The molecule has 1 saturated heterocycles. The summed E-state index contributed by atoms with van der Waals surface area (Å²) in [6.07, 6.45) is 15.0. The Morgan fingerprint density at radius 1 is 0.936 bits per heavy atom. The molecule has 3 aliphatic rings. The number of nitrogens with one attached hydrogen (secondary N) is 1. The van der Waals surface area contributed by atoms with Crippen LogP contribution < -0.4 is 0 Å². The summed E-state index contributed by atoms with van der Waals surface area (Å²) in [4.78, 5) is 53.5. The molecule has 252 valence electrons. The Balaban J connectivity index is 1.21. The third kappa shape index (κ3) is 7.70. The number of H-pyrrole nitrogens is 1. The molecule has 2 aliphatic carbocycles. The molecule has 0 spiro atoms. The summed E-state index contributed by atoms with van der Waals surface area (Å²) in [5.41, 5.74) is 1.48. The third-order valence-electron chi connectivity index (χ3n) is 10.4. The van der Waals surface area contributed by atoms with Crippen LogP contribution in [-0.2, 0) is 9.53 Å².